The van der Waals surface area contributed by atoms with Gasteiger partial charge in [-0.2, -0.15) is 0 Å². The Labute approximate surface area is 143 Å². The zero-order valence-corrected chi connectivity index (χ0v) is 13.4. The van der Waals surface area contributed by atoms with E-state index in [-0.39, 0.29) is 5.75 Å². The predicted molar refractivity (Wildman–Crippen MR) is 84.1 cm³/mol. The van der Waals surface area contributed by atoms with Crippen LogP contribution in [0.3, 0.4) is 0 Å². The van der Waals surface area contributed by atoms with Crippen LogP contribution in [0.5, 0.6) is 5.75 Å². The van der Waals surface area contributed by atoms with Gasteiger partial charge in [0.1, 0.15) is 11.9 Å². The molecule has 1 N–H and O–H groups in total. The van der Waals surface area contributed by atoms with Crippen molar-refractivity contribution in [2.75, 3.05) is 13.2 Å². The lowest BCUT2D eigenvalue weighted by molar-refractivity contribution is -0.274. The second-order valence-electron chi connectivity index (χ2n) is 6.00. The second-order valence-corrected chi connectivity index (χ2v) is 6.00. The van der Waals surface area contributed by atoms with Crippen LogP contribution < -0.4 is 4.74 Å². The van der Waals surface area contributed by atoms with Crippen LogP contribution in [0.1, 0.15) is 30.2 Å². The molecule has 4 nitrogen and oxygen atoms in total. The highest BCUT2D eigenvalue weighted by molar-refractivity contribution is 5.35. The Kier molecular flexibility index (Phi) is 4.96. The number of aliphatic hydroxyl groups is 1. The summed E-state index contributed by atoms with van der Waals surface area (Å²) in [6.45, 7) is 0.926. The van der Waals surface area contributed by atoms with Crippen molar-refractivity contribution in [3.05, 3.63) is 59.9 Å². The fourth-order valence-electron chi connectivity index (χ4n) is 3.26. The summed E-state index contributed by atoms with van der Waals surface area (Å²) in [5.74, 6) is -0.286. The zero-order chi connectivity index (χ0) is 17.9. The molecule has 1 aliphatic heterocycles. The van der Waals surface area contributed by atoms with E-state index < -0.39 is 17.9 Å². The van der Waals surface area contributed by atoms with Crippen LogP contribution in [-0.2, 0) is 10.2 Å². The lowest BCUT2D eigenvalue weighted by Crippen LogP contribution is -2.40. The summed E-state index contributed by atoms with van der Waals surface area (Å²) >= 11 is 0. The minimum absolute atomic E-state index is 0.286. The molecular formula is C18H18F3NO3. The molecule has 0 amide bonds. The van der Waals surface area contributed by atoms with Crippen molar-refractivity contribution in [1.82, 2.24) is 4.98 Å². The van der Waals surface area contributed by atoms with Crippen molar-refractivity contribution < 1.29 is 27.8 Å². The number of pyridine rings is 1. The Balaban J connectivity index is 1.93. The van der Waals surface area contributed by atoms with Crippen molar-refractivity contribution >= 4 is 0 Å². The first-order chi connectivity index (χ1) is 11.9. The first-order valence-electron chi connectivity index (χ1n) is 7.94. The highest BCUT2D eigenvalue weighted by Gasteiger charge is 2.42. The highest BCUT2D eigenvalue weighted by atomic mass is 19.4. The van der Waals surface area contributed by atoms with Gasteiger partial charge < -0.3 is 14.6 Å². The molecule has 7 heteroatoms. The molecule has 0 radical (unpaired) electrons. The fourth-order valence-corrected chi connectivity index (χ4v) is 3.26. The lowest BCUT2D eigenvalue weighted by atomic mass is 9.69. The summed E-state index contributed by atoms with van der Waals surface area (Å²) in [5, 5.41) is 11.0. The van der Waals surface area contributed by atoms with E-state index in [2.05, 4.69) is 9.72 Å². The number of benzene rings is 1. The number of rotatable bonds is 4. The van der Waals surface area contributed by atoms with Gasteiger partial charge in [0.15, 0.2) is 0 Å². The van der Waals surface area contributed by atoms with Crippen LogP contribution in [-0.4, -0.2) is 29.7 Å². The average Bonchev–Trinajstić information content (AvgIpc) is 2.62. The number of hydrogen-bond donors (Lipinski definition) is 1. The topological polar surface area (TPSA) is 51.6 Å². The number of alkyl halides is 3. The van der Waals surface area contributed by atoms with Gasteiger partial charge in [-0.15, -0.1) is 13.2 Å². The minimum atomic E-state index is -4.73. The number of hydrogen-bond acceptors (Lipinski definition) is 4. The average molecular weight is 353 g/mol. The van der Waals surface area contributed by atoms with Crippen LogP contribution in [0, 0.1) is 0 Å². The van der Waals surface area contributed by atoms with Crippen LogP contribution in [0.2, 0.25) is 0 Å². The van der Waals surface area contributed by atoms with Crippen LogP contribution in [0.15, 0.2) is 48.7 Å². The van der Waals surface area contributed by atoms with E-state index >= 15 is 0 Å². The molecule has 0 saturated carbocycles. The number of aromatic nitrogens is 1. The first-order valence-corrected chi connectivity index (χ1v) is 7.94. The van der Waals surface area contributed by atoms with Crippen molar-refractivity contribution in [1.29, 1.82) is 0 Å². The molecule has 0 spiro atoms. The van der Waals surface area contributed by atoms with Gasteiger partial charge in [0.25, 0.3) is 0 Å². The number of nitrogens with zero attached hydrogens (tertiary/aromatic N) is 1. The number of halogens is 3. The van der Waals surface area contributed by atoms with Gasteiger partial charge in [0, 0.05) is 24.8 Å². The Morgan fingerprint density at radius 3 is 2.32 bits per heavy atom. The minimum Gasteiger partial charge on any atom is -0.406 e. The Hall–Kier alpha value is -2.12. The molecule has 1 aliphatic rings. The van der Waals surface area contributed by atoms with Gasteiger partial charge in [-0.3, -0.25) is 4.98 Å². The summed E-state index contributed by atoms with van der Waals surface area (Å²) in [5.41, 5.74) is 0.604. The normalized spacial score (nSPS) is 18.6. The summed E-state index contributed by atoms with van der Waals surface area (Å²) in [6.07, 6.45) is -2.92. The van der Waals surface area contributed by atoms with Crippen LogP contribution >= 0.6 is 0 Å². The van der Waals surface area contributed by atoms with E-state index in [1.165, 1.54) is 12.1 Å². The van der Waals surface area contributed by atoms with Crippen molar-refractivity contribution in [2.45, 2.75) is 30.7 Å². The van der Waals surface area contributed by atoms with Gasteiger partial charge in [0.05, 0.1) is 5.69 Å². The molecule has 1 fully saturated rings. The third kappa shape index (κ3) is 3.93. The van der Waals surface area contributed by atoms with E-state index in [9.17, 15) is 18.3 Å². The molecule has 134 valence electrons. The third-order valence-corrected chi connectivity index (χ3v) is 4.54. The Bertz CT molecular complexity index is 683. The third-order valence-electron chi connectivity index (χ3n) is 4.54. The van der Waals surface area contributed by atoms with Gasteiger partial charge in [-0.05, 0) is 42.7 Å². The molecule has 3 rings (SSSR count). The quantitative estimate of drug-likeness (QED) is 0.909. The van der Waals surface area contributed by atoms with E-state index in [0.717, 1.165) is 5.56 Å². The maximum atomic E-state index is 12.3. The fraction of sp³-hybridized carbons (Fsp3) is 0.389. The van der Waals surface area contributed by atoms with Crippen LogP contribution in [0.25, 0.3) is 0 Å². The first kappa shape index (κ1) is 17.7. The SMILES string of the molecule is O[C@@H](c1ccccn1)C1(c2ccc(OC(F)(F)F)cc2)CCOCC1. The van der Waals surface area contributed by atoms with Crippen LogP contribution in [0.4, 0.5) is 13.2 Å². The van der Waals surface area contributed by atoms with Gasteiger partial charge in [0.2, 0.25) is 0 Å². The Morgan fingerprint density at radius 2 is 1.76 bits per heavy atom. The Morgan fingerprint density at radius 1 is 1.08 bits per heavy atom. The largest absolute Gasteiger partial charge is 0.573 e. The smallest absolute Gasteiger partial charge is 0.406 e. The van der Waals surface area contributed by atoms with E-state index in [1.807, 2.05) is 0 Å². The molecule has 0 unspecified atom stereocenters. The molecule has 1 saturated heterocycles. The number of aliphatic hydroxyl groups excluding tert-OH is 1. The van der Waals surface area contributed by atoms with Crippen molar-refractivity contribution in [3.8, 4) is 5.75 Å². The molecule has 1 aromatic carbocycles. The molecule has 1 atom stereocenters. The molecule has 2 aromatic rings. The molecular weight excluding hydrogens is 335 g/mol. The second kappa shape index (κ2) is 7.01. The summed E-state index contributed by atoms with van der Waals surface area (Å²) in [7, 11) is 0. The summed E-state index contributed by atoms with van der Waals surface area (Å²) < 4.78 is 46.3. The van der Waals surface area contributed by atoms with E-state index in [4.69, 9.17) is 4.74 Å². The predicted octanol–water partition coefficient (Wildman–Crippen LogP) is 3.76. The molecule has 0 aliphatic carbocycles. The monoisotopic (exact) mass is 353 g/mol. The molecule has 25 heavy (non-hydrogen) atoms. The maximum Gasteiger partial charge on any atom is 0.573 e. The van der Waals surface area contributed by atoms with E-state index in [1.54, 1.807) is 36.5 Å². The van der Waals surface area contributed by atoms with Crippen molar-refractivity contribution in [3.63, 3.8) is 0 Å². The lowest BCUT2D eigenvalue weighted by Gasteiger charge is -2.41. The van der Waals surface area contributed by atoms with Crippen molar-refractivity contribution in [2.24, 2.45) is 0 Å². The summed E-state index contributed by atoms with van der Waals surface area (Å²) in [4.78, 5) is 4.23. The maximum absolute atomic E-state index is 12.3. The molecule has 2 heterocycles. The van der Waals surface area contributed by atoms with Gasteiger partial charge in [-0.25, -0.2) is 0 Å². The standard InChI is InChI=1S/C18H18F3NO3/c19-18(20,21)25-14-6-4-13(5-7-14)17(8-11-24-12-9-17)16(23)15-3-1-2-10-22-15/h1-7,10,16,23H,8-9,11-12H2/t16-/m0/s1. The van der Waals surface area contributed by atoms with E-state index in [0.29, 0.717) is 31.7 Å². The van der Waals surface area contributed by atoms with Gasteiger partial charge >= 0.3 is 6.36 Å². The zero-order valence-electron chi connectivity index (χ0n) is 13.4. The number of ether oxygens (including phenoxy) is 2. The van der Waals surface area contributed by atoms with Gasteiger partial charge in [-0.1, -0.05) is 18.2 Å². The molecule has 1 aromatic heterocycles. The molecule has 0 bridgehead atoms. The summed E-state index contributed by atoms with van der Waals surface area (Å²) in [6, 6.07) is 11.0. The highest BCUT2D eigenvalue weighted by Crippen LogP contribution is 2.45.